The van der Waals surface area contributed by atoms with Gasteiger partial charge in [-0.1, -0.05) is 35.9 Å². The predicted octanol–water partition coefficient (Wildman–Crippen LogP) is 2.80. The van der Waals surface area contributed by atoms with E-state index in [2.05, 4.69) is 4.98 Å². The third-order valence-corrected chi connectivity index (χ3v) is 3.61. The maximum atomic E-state index is 12.5. The van der Waals surface area contributed by atoms with E-state index in [4.69, 9.17) is 11.6 Å². The number of nitrogens with zero attached hydrogens (tertiary/aromatic N) is 3. The van der Waals surface area contributed by atoms with Crippen LogP contribution < -0.4 is 0 Å². The second-order valence-electron chi connectivity index (χ2n) is 4.71. The summed E-state index contributed by atoms with van der Waals surface area (Å²) in [4.78, 5) is 28.1. The highest BCUT2D eigenvalue weighted by Gasteiger charge is 2.29. The molecular weight excluding hydrogens is 294 g/mol. The van der Waals surface area contributed by atoms with Gasteiger partial charge in [0.1, 0.15) is 16.9 Å². The van der Waals surface area contributed by atoms with Crippen molar-refractivity contribution in [1.29, 1.82) is 0 Å². The molecule has 6 nitrogen and oxygen atoms in total. The smallest absolute Gasteiger partial charge is 0.300 e. The Morgan fingerprint density at radius 1 is 1.29 bits per heavy atom. The number of halogens is 1. The first-order chi connectivity index (χ1) is 10.1. The Hall–Kier alpha value is -2.47. The third kappa shape index (κ3) is 2.45. The molecule has 0 N–H and O–H groups in total. The summed E-state index contributed by atoms with van der Waals surface area (Å²) in [6.07, 6.45) is 1.01. The number of amides is 1. The van der Waals surface area contributed by atoms with Crippen LogP contribution in [0, 0.1) is 10.1 Å². The van der Waals surface area contributed by atoms with Crippen molar-refractivity contribution in [3.8, 4) is 0 Å². The van der Waals surface area contributed by atoms with E-state index in [1.54, 1.807) is 4.90 Å². The van der Waals surface area contributed by atoms with Gasteiger partial charge in [-0.3, -0.25) is 14.9 Å². The van der Waals surface area contributed by atoms with E-state index in [1.807, 2.05) is 24.3 Å². The largest absolute Gasteiger partial charge is 0.330 e. The number of hydrogen-bond donors (Lipinski definition) is 0. The van der Waals surface area contributed by atoms with Gasteiger partial charge >= 0.3 is 0 Å². The fourth-order valence-corrected chi connectivity index (χ4v) is 2.54. The summed E-state index contributed by atoms with van der Waals surface area (Å²) >= 11 is 5.76. The van der Waals surface area contributed by atoms with Crippen LogP contribution >= 0.6 is 11.6 Å². The summed E-state index contributed by atoms with van der Waals surface area (Å²) < 4.78 is 0. The highest BCUT2D eigenvalue weighted by atomic mass is 35.5. The molecule has 1 aromatic carbocycles. The summed E-state index contributed by atoms with van der Waals surface area (Å²) in [5.41, 5.74) is 1.73. The maximum Gasteiger partial charge on any atom is 0.300 e. The highest BCUT2D eigenvalue weighted by molar-refractivity contribution is 6.29. The summed E-state index contributed by atoms with van der Waals surface area (Å²) in [7, 11) is 0. The summed E-state index contributed by atoms with van der Waals surface area (Å²) in [5, 5.41) is 11.1. The average molecular weight is 304 g/mol. The van der Waals surface area contributed by atoms with Crippen LogP contribution in [0.2, 0.25) is 5.15 Å². The van der Waals surface area contributed by atoms with Gasteiger partial charge in [0.2, 0.25) is 0 Å². The van der Waals surface area contributed by atoms with Crippen molar-refractivity contribution in [2.24, 2.45) is 0 Å². The molecule has 21 heavy (non-hydrogen) atoms. The van der Waals surface area contributed by atoms with Crippen molar-refractivity contribution >= 4 is 23.2 Å². The molecule has 1 aliphatic heterocycles. The summed E-state index contributed by atoms with van der Waals surface area (Å²) in [6, 6.07) is 8.93. The van der Waals surface area contributed by atoms with Crippen LogP contribution in [0.25, 0.3) is 0 Å². The second-order valence-corrected chi connectivity index (χ2v) is 5.10. The van der Waals surface area contributed by atoms with Crippen LogP contribution in [-0.2, 0) is 13.1 Å². The van der Waals surface area contributed by atoms with Gasteiger partial charge in [-0.05, 0) is 17.2 Å². The molecule has 7 heteroatoms. The molecular formula is C14H10ClN3O3. The van der Waals surface area contributed by atoms with Gasteiger partial charge in [0.05, 0.1) is 4.92 Å². The molecule has 2 aromatic rings. The minimum absolute atomic E-state index is 0.0344. The number of rotatable bonds is 2. The minimum atomic E-state index is -0.625. The van der Waals surface area contributed by atoms with Crippen LogP contribution in [0.15, 0.2) is 36.5 Å². The molecule has 1 aromatic heterocycles. The first-order valence-corrected chi connectivity index (χ1v) is 6.60. The second kappa shape index (κ2) is 5.14. The quantitative estimate of drug-likeness (QED) is 0.485. The molecule has 0 bridgehead atoms. The van der Waals surface area contributed by atoms with Crippen molar-refractivity contribution < 1.29 is 9.72 Å². The Bertz CT molecular complexity index is 723. The molecule has 0 unspecified atom stereocenters. The first kappa shape index (κ1) is 13.5. The van der Waals surface area contributed by atoms with Crippen molar-refractivity contribution in [3.63, 3.8) is 0 Å². The average Bonchev–Trinajstić information content (AvgIpc) is 2.89. The number of aromatic nitrogens is 1. The van der Waals surface area contributed by atoms with E-state index in [0.29, 0.717) is 13.1 Å². The van der Waals surface area contributed by atoms with Crippen LogP contribution in [0.1, 0.15) is 21.5 Å². The van der Waals surface area contributed by atoms with Crippen molar-refractivity contribution in [2.45, 2.75) is 13.1 Å². The molecule has 0 saturated heterocycles. The minimum Gasteiger partial charge on any atom is -0.330 e. The number of carbonyl (C=O) groups is 1. The zero-order valence-corrected chi connectivity index (χ0v) is 11.6. The SMILES string of the molecule is O=C(c1cc(Cl)ncc1[N+](=O)[O-])N1Cc2ccccc2C1. The Morgan fingerprint density at radius 3 is 2.48 bits per heavy atom. The van der Waals surface area contributed by atoms with Gasteiger partial charge in [-0.2, -0.15) is 0 Å². The number of carbonyl (C=O) groups excluding carboxylic acids is 1. The fraction of sp³-hybridized carbons (Fsp3) is 0.143. The van der Waals surface area contributed by atoms with E-state index < -0.39 is 10.8 Å². The van der Waals surface area contributed by atoms with Crippen LogP contribution in [-0.4, -0.2) is 20.7 Å². The number of pyridine rings is 1. The molecule has 0 aliphatic carbocycles. The van der Waals surface area contributed by atoms with Gasteiger partial charge < -0.3 is 4.90 Å². The molecule has 1 aliphatic rings. The Labute approximate surface area is 125 Å². The molecule has 0 radical (unpaired) electrons. The normalized spacial score (nSPS) is 13.1. The van der Waals surface area contributed by atoms with Gasteiger partial charge in [0, 0.05) is 13.1 Å². The maximum absolute atomic E-state index is 12.5. The Morgan fingerprint density at radius 2 is 1.90 bits per heavy atom. The van der Waals surface area contributed by atoms with Crippen LogP contribution in [0.3, 0.4) is 0 Å². The zero-order chi connectivity index (χ0) is 15.0. The monoisotopic (exact) mass is 303 g/mol. The molecule has 1 amide bonds. The van der Waals surface area contributed by atoms with Gasteiger partial charge in [-0.15, -0.1) is 0 Å². The first-order valence-electron chi connectivity index (χ1n) is 6.22. The molecule has 0 atom stereocenters. The third-order valence-electron chi connectivity index (χ3n) is 3.40. The lowest BCUT2D eigenvalue weighted by Gasteiger charge is -2.15. The van der Waals surface area contributed by atoms with Crippen molar-refractivity contribution in [2.75, 3.05) is 0 Å². The van der Waals surface area contributed by atoms with E-state index in [0.717, 1.165) is 17.3 Å². The number of benzene rings is 1. The van der Waals surface area contributed by atoms with Crippen molar-refractivity contribution in [3.05, 3.63) is 68.5 Å². The zero-order valence-electron chi connectivity index (χ0n) is 10.8. The Kier molecular flexibility index (Phi) is 3.31. The topological polar surface area (TPSA) is 76.3 Å². The van der Waals surface area contributed by atoms with Crippen LogP contribution in [0.4, 0.5) is 5.69 Å². The molecule has 0 spiro atoms. The van der Waals surface area contributed by atoms with E-state index >= 15 is 0 Å². The number of hydrogen-bond acceptors (Lipinski definition) is 4. The molecule has 3 rings (SSSR count). The molecule has 106 valence electrons. The van der Waals surface area contributed by atoms with E-state index in [1.165, 1.54) is 6.07 Å². The lowest BCUT2D eigenvalue weighted by Crippen LogP contribution is -2.26. The fourth-order valence-electron chi connectivity index (χ4n) is 2.39. The predicted molar refractivity (Wildman–Crippen MR) is 75.9 cm³/mol. The number of fused-ring (bicyclic) bond motifs is 1. The van der Waals surface area contributed by atoms with Gasteiger partial charge in [0.15, 0.2) is 0 Å². The van der Waals surface area contributed by atoms with Gasteiger partial charge in [0.25, 0.3) is 11.6 Å². The van der Waals surface area contributed by atoms with Crippen molar-refractivity contribution in [1.82, 2.24) is 9.88 Å². The Balaban J connectivity index is 1.94. The lowest BCUT2D eigenvalue weighted by atomic mass is 10.1. The van der Waals surface area contributed by atoms with E-state index in [-0.39, 0.29) is 16.4 Å². The number of nitro groups is 1. The van der Waals surface area contributed by atoms with E-state index in [9.17, 15) is 14.9 Å². The summed E-state index contributed by atoms with van der Waals surface area (Å²) in [5.74, 6) is -0.415. The standard InChI is InChI=1S/C14H10ClN3O3/c15-13-5-11(12(6-16-13)18(20)21)14(19)17-7-9-3-1-2-4-10(9)8-17/h1-6H,7-8H2. The molecule has 2 heterocycles. The summed E-state index contributed by atoms with van der Waals surface area (Å²) in [6.45, 7) is 0.873. The lowest BCUT2D eigenvalue weighted by molar-refractivity contribution is -0.385. The van der Waals surface area contributed by atoms with Gasteiger partial charge in [-0.25, -0.2) is 4.98 Å². The molecule has 0 fully saturated rings. The highest BCUT2D eigenvalue weighted by Crippen LogP contribution is 2.27. The van der Waals surface area contributed by atoms with Crippen LogP contribution in [0.5, 0.6) is 0 Å². The molecule has 0 saturated carbocycles.